The Balaban J connectivity index is 0.00000423. The van der Waals surface area contributed by atoms with E-state index in [1.807, 2.05) is 0 Å². The van der Waals surface area contributed by atoms with Crippen LogP contribution in [0.2, 0.25) is 0 Å². The average Bonchev–Trinajstić information content (AvgIpc) is 3.38. The summed E-state index contributed by atoms with van der Waals surface area (Å²) in [5, 5.41) is 9.77. The minimum atomic E-state index is -0.131. The van der Waals surface area contributed by atoms with E-state index in [1.54, 1.807) is 0 Å². The third kappa shape index (κ3) is 6.61. The molecule has 4 aromatic carbocycles. The van der Waals surface area contributed by atoms with Crippen molar-refractivity contribution in [2.75, 3.05) is 0 Å². The van der Waals surface area contributed by atoms with Gasteiger partial charge >= 0.3 is 0 Å². The third-order valence-corrected chi connectivity index (χ3v) is 8.55. The van der Waals surface area contributed by atoms with Gasteiger partial charge in [-0.2, -0.15) is 5.10 Å². The molecule has 0 aliphatic rings. The van der Waals surface area contributed by atoms with Crippen LogP contribution in [0.15, 0.2) is 66.7 Å². The molecular formula is C39H44IrN3-. The second kappa shape index (κ2) is 13.1. The Morgan fingerprint density at radius 2 is 1.23 bits per heavy atom. The quantitative estimate of drug-likeness (QED) is 0.148. The fourth-order valence-electron chi connectivity index (χ4n) is 6.21. The minimum absolute atomic E-state index is 0. The van der Waals surface area contributed by atoms with Crippen LogP contribution in [0.4, 0.5) is 0 Å². The van der Waals surface area contributed by atoms with Gasteiger partial charge in [0.15, 0.2) is 0 Å². The zero-order valence-electron chi connectivity index (χ0n) is 27.1. The first-order valence-corrected chi connectivity index (χ1v) is 15.2. The third-order valence-electron chi connectivity index (χ3n) is 8.55. The second-order valence-corrected chi connectivity index (χ2v) is 12.8. The Morgan fingerprint density at radius 3 is 1.79 bits per heavy atom. The van der Waals surface area contributed by atoms with E-state index in [1.165, 1.54) is 55.6 Å². The number of rotatable bonds is 8. The molecule has 43 heavy (non-hydrogen) atoms. The fourth-order valence-corrected chi connectivity index (χ4v) is 6.21. The van der Waals surface area contributed by atoms with Gasteiger partial charge in [0.2, 0.25) is 0 Å². The monoisotopic (exact) mass is 747 g/mol. The summed E-state index contributed by atoms with van der Waals surface area (Å²) in [6.45, 7) is 19.9. The molecular weight excluding hydrogens is 703 g/mol. The van der Waals surface area contributed by atoms with Gasteiger partial charge in [-0.25, -0.2) is 0 Å². The molecule has 1 heterocycles. The average molecular weight is 747 g/mol. The number of hydrogen-bond acceptors (Lipinski definition) is 2. The second-order valence-electron chi connectivity index (χ2n) is 12.8. The van der Waals surface area contributed by atoms with Crippen molar-refractivity contribution in [3.63, 3.8) is 0 Å². The van der Waals surface area contributed by atoms with E-state index in [4.69, 9.17) is 10.2 Å². The molecule has 0 aliphatic carbocycles. The minimum Gasteiger partial charge on any atom is -0.319 e. The molecule has 225 valence electrons. The standard InChI is InChI=1S/C39H44N3.Ir/c1-10-11-20-39(8,9)38-41-40-37(42(38)36-19-14-27(4)23-30(36)7)31-15-18-34(32-16-12-25(2)21-28(32)5)35(24-31)33-17-13-26(3)22-29(33)6;/h12-14,16-19,21-24H,10-11,20H2,1-9H3;/q-1;. The van der Waals surface area contributed by atoms with Crippen molar-refractivity contribution < 1.29 is 20.1 Å². The van der Waals surface area contributed by atoms with Crippen LogP contribution in [0.5, 0.6) is 0 Å². The predicted molar refractivity (Wildman–Crippen MR) is 177 cm³/mol. The van der Waals surface area contributed by atoms with E-state index in [0.717, 1.165) is 42.2 Å². The Labute approximate surface area is 272 Å². The van der Waals surface area contributed by atoms with Crippen LogP contribution in [0.3, 0.4) is 0 Å². The smallest absolute Gasteiger partial charge is 0.134 e. The van der Waals surface area contributed by atoms with E-state index in [-0.39, 0.29) is 25.5 Å². The van der Waals surface area contributed by atoms with E-state index >= 15 is 0 Å². The summed E-state index contributed by atoms with van der Waals surface area (Å²) in [6.07, 6.45) is 3.35. The molecule has 0 amide bonds. The number of aromatic nitrogens is 3. The summed E-state index contributed by atoms with van der Waals surface area (Å²) in [5.74, 6) is 1.83. The first-order chi connectivity index (χ1) is 20.0. The summed E-state index contributed by atoms with van der Waals surface area (Å²) in [5.41, 5.74) is 14.3. The molecule has 4 heteroatoms. The zero-order chi connectivity index (χ0) is 30.2. The Kier molecular flexibility index (Phi) is 9.94. The SMILES string of the molecule is CCCCC(C)(C)c1nnc(-c2[c-]cc(-c3ccc(C)cc3C)c(-c3ccc(C)cc3C)c2)n1-c1ccc(C)cc1C.[Ir]. The van der Waals surface area contributed by atoms with E-state index < -0.39 is 0 Å². The molecule has 0 unspecified atom stereocenters. The number of unbranched alkanes of at least 4 members (excludes halogenated alkanes) is 1. The number of aryl methyl sites for hydroxylation is 6. The van der Waals surface area contributed by atoms with Crippen LogP contribution < -0.4 is 0 Å². The van der Waals surface area contributed by atoms with Crippen LogP contribution in [0.1, 0.15) is 79.2 Å². The van der Waals surface area contributed by atoms with E-state index in [9.17, 15) is 0 Å². The van der Waals surface area contributed by atoms with Gasteiger partial charge in [-0.3, -0.25) is 0 Å². The van der Waals surface area contributed by atoms with Crippen LogP contribution in [-0.2, 0) is 25.5 Å². The van der Waals surface area contributed by atoms with Gasteiger partial charge in [0.05, 0.1) is 5.82 Å². The van der Waals surface area contributed by atoms with E-state index in [2.05, 4.69) is 140 Å². The van der Waals surface area contributed by atoms with Gasteiger partial charge in [0.1, 0.15) is 5.82 Å². The maximum atomic E-state index is 4.89. The van der Waals surface area contributed by atoms with Gasteiger partial charge in [-0.1, -0.05) is 121 Å². The van der Waals surface area contributed by atoms with Crippen molar-refractivity contribution in [1.82, 2.24) is 14.8 Å². The summed E-state index contributed by atoms with van der Waals surface area (Å²) in [6, 6.07) is 28.2. The van der Waals surface area contributed by atoms with E-state index in [0.29, 0.717) is 0 Å². The van der Waals surface area contributed by atoms with Crippen molar-refractivity contribution in [3.05, 3.63) is 112 Å². The zero-order valence-corrected chi connectivity index (χ0v) is 29.5. The molecule has 3 nitrogen and oxygen atoms in total. The summed E-state index contributed by atoms with van der Waals surface area (Å²) in [4.78, 5) is 0. The molecule has 0 saturated carbocycles. The number of nitrogens with zero attached hydrogens (tertiary/aromatic N) is 3. The van der Waals surface area contributed by atoms with Crippen molar-refractivity contribution >= 4 is 0 Å². The van der Waals surface area contributed by atoms with Crippen LogP contribution in [0, 0.1) is 47.6 Å². The number of hydrogen-bond donors (Lipinski definition) is 0. The topological polar surface area (TPSA) is 30.7 Å². The maximum absolute atomic E-state index is 4.89. The normalized spacial score (nSPS) is 11.5. The van der Waals surface area contributed by atoms with Crippen LogP contribution in [0.25, 0.3) is 39.3 Å². The molecule has 0 atom stereocenters. The number of benzene rings is 4. The molecule has 5 aromatic rings. The molecule has 0 saturated heterocycles. The van der Waals surface area contributed by atoms with Gasteiger partial charge in [0.25, 0.3) is 0 Å². The van der Waals surface area contributed by atoms with Gasteiger partial charge in [-0.05, 0) is 70.7 Å². The molecule has 1 aromatic heterocycles. The Bertz CT molecular complexity index is 1760. The molecule has 0 bridgehead atoms. The Morgan fingerprint density at radius 1 is 0.674 bits per heavy atom. The van der Waals surface area contributed by atoms with Crippen molar-refractivity contribution in [2.45, 2.75) is 87.0 Å². The van der Waals surface area contributed by atoms with Gasteiger partial charge in [0, 0.05) is 31.2 Å². The summed E-state index contributed by atoms with van der Waals surface area (Å²) < 4.78 is 2.29. The molecule has 5 rings (SSSR count). The molecule has 0 fully saturated rings. The van der Waals surface area contributed by atoms with Crippen molar-refractivity contribution in [3.8, 4) is 39.3 Å². The largest absolute Gasteiger partial charge is 0.319 e. The molecule has 0 aliphatic heterocycles. The summed E-state index contributed by atoms with van der Waals surface area (Å²) in [7, 11) is 0. The van der Waals surface area contributed by atoms with Crippen LogP contribution in [-0.4, -0.2) is 14.8 Å². The van der Waals surface area contributed by atoms with Crippen LogP contribution >= 0.6 is 0 Å². The predicted octanol–water partition coefficient (Wildman–Crippen LogP) is 10.4. The fraction of sp³-hybridized carbons (Fsp3) is 0.333. The molecule has 0 N–H and O–H groups in total. The summed E-state index contributed by atoms with van der Waals surface area (Å²) >= 11 is 0. The van der Waals surface area contributed by atoms with Crippen molar-refractivity contribution in [2.24, 2.45) is 0 Å². The maximum Gasteiger partial charge on any atom is 0.134 e. The first kappa shape index (κ1) is 32.6. The van der Waals surface area contributed by atoms with Gasteiger partial charge in [-0.15, -0.1) is 28.9 Å². The molecule has 0 spiro atoms. The first-order valence-electron chi connectivity index (χ1n) is 15.2. The molecule has 1 radical (unpaired) electrons. The van der Waals surface area contributed by atoms with Gasteiger partial charge < -0.3 is 4.57 Å². The van der Waals surface area contributed by atoms with Crippen molar-refractivity contribution in [1.29, 1.82) is 0 Å². The Hall–Kier alpha value is -3.33.